The van der Waals surface area contributed by atoms with Crippen molar-refractivity contribution in [2.45, 2.75) is 26.2 Å². The summed E-state index contributed by atoms with van der Waals surface area (Å²) < 4.78 is 8.54. The lowest BCUT2D eigenvalue weighted by Gasteiger charge is -2.18. The Hall–Kier alpha value is -0.960. The Kier molecular flexibility index (Phi) is 1.84. The van der Waals surface area contributed by atoms with E-state index in [4.69, 9.17) is 0 Å². The van der Waals surface area contributed by atoms with E-state index in [-0.39, 0.29) is 5.41 Å². The summed E-state index contributed by atoms with van der Waals surface area (Å²) in [5.74, 6) is 0. The minimum Gasteiger partial charge on any atom is -0.173 e. The Morgan fingerprint density at radius 1 is 1.15 bits per heavy atom. The van der Waals surface area contributed by atoms with Gasteiger partial charge in [0.1, 0.15) is 11.0 Å². The predicted molar refractivity (Wildman–Crippen MR) is 56.1 cm³/mol. The van der Waals surface area contributed by atoms with E-state index in [0.717, 1.165) is 11.0 Å². The second kappa shape index (κ2) is 2.77. The average molecular weight is 192 g/mol. The number of hydrogen-bond acceptors (Lipinski definition) is 3. The zero-order chi connectivity index (χ0) is 9.47. The molecule has 3 heteroatoms. The Bertz CT molecular complexity index is 426. The number of fused-ring (bicyclic) bond motifs is 1. The van der Waals surface area contributed by atoms with E-state index in [0.29, 0.717) is 0 Å². The Labute approximate surface area is 81.9 Å². The molecule has 0 aliphatic rings. The zero-order valence-corrected chi connectivity index (χ0v) is 8.85. The van der Waals surface area contributed by atoms with Gasteiger partial charge >= 0.3 is 0 Å². The molecule has 0 radical (unpaired) electrons. The van der Waals surface area contributed by atoms with E-state index in [9.17, 15) is 0 Å². The normalized spacial score (nSPS) is 12.2. The van der Waals surface area contributed by atoms with Gasteiger partial charge in [-0.2, -0.15) is 8.75 Å². The zero-order valence-electron chi connectivity index (χ0n) is 8.03. The molecule has 0 unspecified atom stereocenters. The van der Waals surface area contributed by atoms with Crippen molar-refractivity contribution >= 4 is 22.8 Å². The highest BCUT2D eigenvalue weighted by Gasteiger charge is 2.18. The van der Waals surface area contributed by atoms with Crippen molar-refractivity contribution in [2.75, 3.05) is 0 Å². The van der Waals surface area contributed by atoms with Crippen LogP contribution in [0.2, 0.25) is 0 Å². The fraction of sp³-hybridized carbons (Fsp3) is 0.400. The standard InChI is InChI=1S/C10H12N2S/c1-10(2,3)7-5-4-6-8-9(7)12-13-11-8/h4-6H,1-3H3. The third-order valence-electron chi connectivity index (χ3n) is 2.09. The molecule has 0 N–H and O–H groups in total. The first-order valence-electron chi connectivity index (χ1n) is 4.31. The molecule has 2 nitrogen and oxygen atoms in total. The van der Waals surface area contributed by atoms with Gasteiger partial charge < -0.3 is 0 Å². The van der Waals surface area contributed by atoms with E-state index >= 15 is 0 Å². The molecular formula is C10H12N2S. The van der Waals surface area contributed by atoms with Crippen LogP contribution in [0, 0.1) is 0 Å². The smallest absolute Gasteiger partial charge is 0.108 e. The molecule has 1 aromatic carbocycles. The third-order valence-corrected chi connectivity index (χ3v) is 2.64. The van der Waals surface area contributed by atoms with Gasteiger partial charge in [0.25, 0.3) is 0 Å². The van der Waals surface area contributed by atoms with Crippen LogP contribution in [-0.2, 0) is 5.41 Å². The lowest BCUT2D eigenvalue weighted by atomic mass is 9.86. The molecule has 1 aromatic heterocycles. The molecule has 0 aliphatic carbocycles. The topological polar surface area (TPSA) is 25.8 Å². The van der Waals surface area contributed by atoms with Crippen LogP contribution in [0.1, 0.15) is 26.3 Å². The van der Waals surface area contributed by atoms with Gasteiger partial charge in [0.15, 0.2) is 0 Å². The number of benzene rings is 1. The molecule has 1 heterocycles. The monoisotopic (exact) mass is 192 g/mol. The number of nitrogens with zero attached hydrogens (tertiary/aromatic N) is 2. The van der Waals surface area contributed by atoms with Crippen LogP contribution >= 0.6 is 11.7 Å². The summed E-state index contributed by atoms with van der Waals surface area (Å²) in [6, 6.07) is 6.18. The van der Waals surface area contributed by atoms with E-state index in [1.165, 1.54) is 17.3 Å². The Morgan fingerprint density at radius 3 is 2.62 bits per heavy atom. The maximum absolute atomic E-state index is 4.32. The first kappa shape index (κ1) is 8.63. The van der Waals surface area contributed by atoms with Gasteiger partial charge in [0.05, 0.1) is 11.7 Å². The van der Waals surface area contributed by atoms with Crippen molar-refractivity contribution in [3.63, 3.8) is 0 Å². The van der Waals surface area contributed by atoms with Crippen molar-refractivity contribution in [2.24, 2.45) is 0 Å². The Morgan fingerprint density at radius 2 is 1.92 bits per heavy atom. The first-order valence-corrected chi connectivity index (χ1v) is 5.04. The summed E-state index contributed by atoms with van der Waals surface area (Å²) in [6.45, 7) is 6.59. The maximum atomic E-state index is 4.32. The van der Waals surface area contributed by atoms with Gasteiger partial charge in [0, 0.05) is 0 Å². The largest absolute Gasteiger partial charge is 0.173 e. The van der Waals surface area contributed by atoms with Gasteiger partial charge in [-0.25, -0.2) is 0 Å². The lowest BCUT2D eigenvalue weighted by Crippen LogP contribution is -2.11. The highest BCUT2D eigenvalue weighted by molar-refractivity contribution is 7.00. The molecule has 13 heavy (non-hydrogen) atoms. The predicted octanol–water partition coefficient (Wildman–Crippen LogP) is 2.99. The quantitative estimate of drug-likeness (QED) is 0.641. The molecule has 68 valence electrons. The fourth-order valence-electron chi connectivity index (χ4n) is 1.41. The molecule has 2 aromatic rings. The number of rotatable bonds is 0. The van der Waals surface area contributed by atoms with E-state index < -0.39 is 0 Å². The van der Waals surface area contributed by atoms with Crippen LogP contribution < -0.4 is 0 Å². The maximum Gasteiger partial charge on any atom is 0.108 e. The van der Waals surface area contributed by atoms with Crippen LogP contribution in [0.15, 0.2) is 18.2 Å². The Balaban J connectivity index is 2.75. The molecule has 0 fully saturated rings. The van der Waals surface area contributed by atoms with Gasteiger partial charge in [-0.15, -0.1) is 0 Å². The van der Waals surface area contributed by atoms with Crippen LogP contribution in [0.3, 0.4) is 0 Å². The van der Waals surface area contributed by atoms with Gasteiger partial charge in [-0.05, 0) is 17.0 Å². The van der Waals surface area contributed by atoms with Crippen molar-refractivity contribution in [3.8, 4) is 0 Å². The first-order chi connectivity index (χ1) is 6.09. The average Bonchev–Trinajstić information content (AvgIpc) is 2.48. The minimum absolute atomic E-state index is 0.148. The highest BCUT2D eigenvalue weighted by Crippen LogP contribution is 2.28. The molecule has 0 aliphatic heterocycles. The number of aromatic nitrogens is 2. The lowest BCUT2D eigenvalue weighted by molar-refractivity contribution is 0.595. The molecule has 0 saturated heterocycles. The van der Waals surface area contributed by atoms with Crippen LogP contribution in [0.5, 0.6) is 0 Å². The summed E-state index contributed by atoms with van der Waals surface area (Å²) in [5.41, 5.74) is 3.49. The molecule has 0 saturated carbocycles. The highest BCUT2D eigenvalue weighted by atomic mass is 32.1. The van der Waals surface area contributed by atoms with Crippen molar-refractivity contribution in [1.29, 1.82) is 0 Å². The molecule has 0 spiro atoms. The van der Waals surface area contributed by atoms with Gasteiger partial charge in [-0.3, -0.25) is 0 Å². The summed E-state index contributed by atoms with van der Waals surface area (Å²) in [4.78, 5) is 0. The summed E-state index contributed by atoms with van der Waals surface area (Å²) >= 11 is 1.28. The minimum atomic E-state index is 0.148. The van der Waals surface area contributed by atoms with Crippen molar-refractivity contribution < 1.29 is 0 Å². The van der Waals surface area contributed by atoms with E-state index in [1.54, 1.807) is 0 Å². The molecule has 0 atom stereocenters. The summed E-state index contributed by atoms with van der Waals surface area (Å²) in [6.07, 6.45) is 0. The van der Waals surface area contributed by atoms with Crippen LogP contribution in [-0.4, -0.2) is 8.75 Å². The molecular weight excluding hydrogens is 180 g/mol. The van der Waals surface area contributed by atoms with E-state index in [2.05, 4.69) is 35.6 Å². The third kappa shape index (κ3) is 1.44. The van der Waals surface area contributed by atoms with Crippen LogP contribution in [0.25, 0.3) is 11.0 Å². The van der Waals surface area contributed by atoms with Gasteiger partial charge in [0.2, 0.25) is 0 Å². The molecule has 2 rings (SSSR count). The van der Waals surface area contributed by atoms with Crippen LogP contribution in [0.4, 0.5) is 0 Å². The fourth-order valence-corrected chi connectivity index (χ4v) is 1.96. The number of hydrogen-bond donors (Lipinski definition) is 0. The second-order valence-corrected chi connectivity index (χ2v) is 4.72. The van der Waals surface area contributed by atoms with Crippen molar-refractivity contribution in [3.05, 3.63) is 23.8 Å². The van der Waals surface area contributed by atoms with Gasteiger partial charge in [-0.1, -0.05) is 32.9 Å². The molecule has 0 bridgehead atoms. The van der Waals surface area contributed by atoms with Crippen molar-refractivity contribution in [1.82, 2.24) is 8.75 Å². The summed E-state index contributed by atoms with van der Waals surface area (Å²) in [7, 11) is 0. The SMILES string of the molecule is CC(C)(C)c1cccc2nsnc12. The summed E-state index contributed by atoms with van der Waals surface area (Å²) in [5, 5.41) is 0. The van der Waals surface area contributed by atoms with E-state index in [1.807, 2.05) is 12.1 Å². The second-order valence-electron chi connectivity index (χ2n) is 4.19. The molecule has 0 amide bonds.